The summed E-state index contributed by atoms with van der Waals surface area (Å²) in [7, 11) is 0. The zero-order chi connectivity index (χ0) is 31.5. The number of anilines is 1. The number of amides is 1. The van der Waals surface area contributed by atoms with Crippen molar-refractivity contribution in [3.63, 3.8) is 0 Å². The van der Waals surface area contributed by atoms with E-state index in [0.29, 0.717) is 37.1 Å². The first-order chi connectivity index (χ1) is 21.8. The number of nitrogens with one attached hydrogen (secondary N) is 1. The van der Waals surface area contributed by atoms with E-state index in [-0.39, 0.29) is 23.6 Å². The molecule has 8 nitrogen and oxygen atoms in total. The molecule has 1 aromatic heterocycles. The maximum absolute atomic E-state index is 13.9. The number of carboxylic acids is 1. The van der Waals surface area contributed by atoms with Crippen LogP contribution in [-0.4, -0.2) is 21.6 Å². The molecule has 224 valence electrons. The lowest BCUT2D eigenvalue weighted by atomic mass is 9.95. The average molecular weight is 636 g/mol. The first-order valence-corrected chi connectivity index (χ1v) is 15.2. The Balaban J connectivity index is 1.30. The molecule has 1 amide bonds. The highest BCUT2D eigenvalue weighted by Crippen LogP contribution is 2.31. The Kier molecular flexibility index (Phi) is 8.46. The van der Waals surface area contributed by atoms with Gasteiger partial charge in [0.25, 0.3) is 11.5 Å². The second-order valence-electron chi connectivity index (χ2n) is 10.3. The van der Waals surface area contributed by atoms with E-state index in [1.165, 1.54) is 23.5 Å². The summed E-state index contributed by atoms with van der Waals surface area (Å²) in [5, 5.41) is 12.6. The van der Waals surface area contributed by atoms with Gasteiger partial charge in [-0.1, -0.05) is 77.5 Å². The minimum atomic E-state index is -0.977. The van der Waals surface area contributed by atoms with E-state index in [2.05, 4.69) is 5.32 Å². The maximum atomic E-state index is 13.9. The zero-order valence-electron chi connectivity index (χ0n) is 23.9. The van der Waals surface area contributed by atoms with Gasteiger partial charge in [0.1, 0.15) is 12.4 Å². The summed E-state index contributed by atoms with van der Waals surface area (Å²) < 4.78 is 7.89. The van der Waals surface area contributed by atoms with Crippen LogP contribution in [0.15, 0.2) is 124 Å². The van der Waals surface area contributed by atoms with Gasteiger partial charge in [0.05, 0.1) is 27.4 Å². The molecule has 1 aliphatic heterocycles. The summed E-state index contributed by atoms with van der Waals surface area (Å²) in [5.41, 5.74) is 3.86. The van der Waals surface area contributed by atoms with Gasteiger partial charge < -0.3 is 15.2 Å². The summed E-state index contributed by atoms with van der Waals surface area (Å²) in [6.45, 7) is 2.06. The van der Waals surface area contributed by atoms with E-state index >= 15 is 0 Å². The van der Waals surface area contributed by atoms with Crippen molar-refractivity contribution < 1.29 is 19.4 Å². The highest BCUT2D eigenvalue weighted by atomic mass is 35.5. The predicted molar refractivity (Wildman–Crippen MR) is 174 cm³/mol. The van der Waals surface area contributed by atoms with Crippen LogP contribution in [0.4, 0.5) is 5.69 Å². The Labute approximate surface area is 266 Å². The monoisotopic (exact) mass is 635 g/mol. The molecule has 0 radical (unpaired) electrons. The number of hydrogen-bond acceptors (Lipinski definition) is 6. The molecule has 0 spiro atoms. The highest BCUT2D eigenvalue weighted by Gasteiger charge is 2.32. The van der Waals surface area contributed by atoms with E-state index in [0.717, 1.165) is 16.7 Å². The summed E-state index contributed by atoms with van der Waals surface area (Å²) in [6, 6.07) is 29.4. The first kappa shape index (κ1) is 29.8. The molecule has 0 bridgehead atoms. The second kappa shape index (κ2) is 12.8. The second-order valence-corrected chi connectivity index (χ2v) is 11.8. The fourth-order valence-electron chi connectivity index (χ4n) is 5.01. The van der Waals surface area contributed by atoms with Crippen molar-refractivity contribution in [3.05, 3.63) is 161 Å². The largest absolute Gasteiger partial charge is 0.489 e. The zero-order valence-corrected chi connectivity index (χ0v) is 25.5. The Morgan fingerprint density at radius 2 is 1.67 bits per heavy atom. The van der Waals surface area contributed by atoms with Crippen LogP contribution < -0.4 is 24.9 Å². The number of halogens is 1. The molecule has 6 rings (SSSR count). The smallest absolute Gasteiger partial charge is 0.335 e. The van der Waals surface area contributed by atoms with Crippen LogP contribution in [0.2, 0.25) is 5.02 Å². The molecule has 4 aromatic carbocycles. The summed E-state index contributed by atoms with van der Waals surface area (Å²) in [6.07, 6.45) is 1.79. The van der Waals surface area contributed by atoms with Crippen molar-refractivity contribution in [3.8, 4) is 5.75 Å². The number of benzene rings is 4. The number of fused-ring (bicyclic) bond motifs is 1. The Morgan fingerprint density at radius 1 is 0.978 bits per heavy atom. The number of carbonyl (C=O) groups excluding carboxylic acids is 1. The Morgan fingerprint density at radius 3 is 2.33 bits per heavy atom. The number of hydrogen-bond donors (Lipinski definition) is 2. The van der Waals surface area contributed by atoms with Gasteiger partial charge in [0.15, 0.2) is 4.80 Å². The number of carbonyl (C=O) groups is 2. The number of allylic oxidation sites excluding steroid dienone is 1. The van der Waals surface area contributed by atoms with Gasteiger partial charge >= 0.3 is 5.97 Å². The topological polar surface area (TPSA) is 110 Å². The van der Waals surface area contributed by atoms with Gasteiger partial charge in [0, 0.05) is 10.7 Å². The van der Waals surface area contributed by atoms with Crippen molar-refractivity contribution in [2.24, 2.45) is 4.99 Å². The molecule has 5 aromatic rings. The average Bonchev–Trinajstić information content (AvgIpc) is 3.34. The van der Waals surface area contributed by atoms with E-state index in [9.17, 15) is 14.4 Å². The van der Waals surface area contributed by atoms with Crippen LogP contribution in [0.3, 0.4) is 0 Å². The van der Waals surface area contributed by atoms with Crippen molar-refractivity contribution in [2.75, 3.05) is 5.32 Å². The van der Waals surface area contributed by atoms with Crippen LogP contribution in [0.5, 0.6) is 5.75 Å². The van der Waals surface area contributed by atoms with Crippen LogP contribution in [-0.2, 0) is 11.4 Å². The molecule has 0 fully saturated rings. The third-order valence-electron chi connectivity index (χ3n) is 7.27. The molecule has 45 heavy (non-hydrogen) atoms. The molecule has 0 unspecified atom stereocenters. The molecule has 2 N–H and O–H groups in total. The summed E-state index contributed by atoms with van der Waals surface area (Å²) >= 11 is 7.44. The SMILES string of the molecule is CC1=C(C(=O)Nc2ccccc2)[C@H](c2ccc(Cl)cc2)n2c(s/c(=C/c3ccc(OCc4ccc(C(=O)O)cc4)cc3)c2=O)=N1. The van der Waals surface area contributed by atoms with Crippen LogP contribution in [0, 0.1) is 0 Å². The molecule has 2 heterocycles. The van der Waals surface area contributed by atoms with Gasteiger partial charge in [-0.15, -0.1) is 0 Å². The van der Waals surface area contributed by atoms with E-state index < -0.39 is 12.0 Å². The third kappa shape index (κ3) is 6.50. The standard InChI is InChI=1S/C35H26ClN3O5S/c1-21-30(32(40)38-27-5-3-2-4-6-27)31(24-13-15-26(36)16-14-24)39-33(41)29(45-35(39)37-21)19-22-9-17-28(18-10-22)44-20-23-7-11-25(12-8-23)34(42)43/h2-19,31H,20H2,1H3,(H,38,40)(H,42,43)/b29-19+/t31-/m0/s1. The number of aromatic carboxylic acids is 1. The van der Waals surface area contributed by atoms with Crippen LogP contribution >= 0.6 is 22.9 Å². The van der Waals surface area contributed by atoms with Gasteiger partial charge in [-0.3, -0.25) is 14.2 Å². The number of thiazole rings is 1. The van der Waals surface area contributed by atoms with Gasteiger partial charge in [0.2, 0.25) is 0 Å². The van der Waals surface area contributed by atoms with Crippen LogP contribution in [0.1, 0.15) is 40.0 Å². The van der Waals surface area contributed by atoms with Gasteiger partial charge in [-0.25, -0.2) is 9.79 Å². The quantitative estimate of drug-likeness (QED) is 0.224. The van der Waals surface area contributed by atoms with Gasteiger partial charge in [-0.05, 0) is 78.2 Å². The summed E-state index contributed by atoms with van der Waals surface area (Å²) in [5.74, 6) is -0.691. The van der Waals surface area contributed by atoms with Crippen molar-refractivity contribution >= 4 is 46.6 Å². The molecular weight excluding hydrogens is 610 g/mol. The maximum Gasteiger partial charge on any atom is 0.335 e. The molecular formula is C35H26ClN3O5S. The Bertz CT molecular complexity index is 2100. The van der Waals surface area contributed by atoms with E-state index in [1.54, 1.807) is 66.1 Å². The number of carboxylic acid groups (broad SMARTS) is 1. The van der Waals surface area contributed by atoms with Gasteiger partial charge in [-0.2, -0.15) is 0 Å². The minimum Gasteiger partial charge on any atom is -0.489 e. The van der Waals surface area contributed by atoms with E-state index in [4.69, 9.17) is 26.4 Å². The van der Waals surface area contributed by atoms with Crippen molar-refractivity contribution in [2.45, 2.75) is 19.6 Å². The molecule has 10 heteroatoms. The normalized spacial score (nSPS) is 14.4. The molecule has 1 atom stereocenters. The molecule has 0 saturated carbocycles. The first-order valence-electron chi connectivity index (χ1n) is 14.0. The molecule has 0 aliphatic carbocycles. The summed E-state index contributed by atoms with van der Waals surface area (Å²) in [4.78, 5) is 43.8. The fraction of sp³-hybridized carbons (Fsp3) is 0.0857. The lowest BCUT2D eigenvalue weighted by molar-refractivity contribution is -0.113. The number of rotatable bonds is 8. The predicted octanol–water partition coefficient (Wildman–Crippen LogP) is 5.80. The third-order valence-corrected chi connectivity index (χ3v) is 8.50. The lowest BCUT2D eigenvalue weighted by Gasteiger charge is -2.25. The molecule has 0 saturated heterocycles. The number of para-hydroxylation sites is 1. The minimum absolute atomic E-state index is 0.217. The Hall–Kier alpha value is -5.25. The fourth-order valence-corrected chi connectivity index (χ4v) is 6.19. The van der Waals surface area contributed by atoms with Crippen molar-refractivity contribution in [1.29, 1.82) is 0 Å². The number of nitrogens with zero attached hydrogens (tertiary/aromatic N) is 2. The number of aromatic nitrogens is 1. The lowest BCUT2D eigenvalue weighted by Crippen LogP contribution is -2.40. The van der Waals surface area contributed by atoms with E-state index in [1.807, 2.05) is 42.5 Å². The number of ether oxygens (including phenoxy) is 1. The highest BCUT2D eigenvalue weighted by molar-refractivity contribution is 7.07. The molecule has 1 aliphatic rings. The van der Waals surface area contributed by atoms with Crippen LogP contribution in [0.25, 0.3) is 6.08 Å². The van der Waals surface area contributed by atoms with Crippen molar-refractivity contribution in [1.82, 2.24) is 4.57 Å².